The van der Waals surface area contributed by atoms with Crippen LogP contribution >= 0.6 is 31.9 Å². The van der Waals surface area contributed by atoms with Crippen molar-refractivity contribution >= 4 is 31.9 Å². The number of benzene rings is 1. The molecular weight excluding hydrogens is 362 g/mol. The van der Waals surface area contributed by atoms with Crippen LogP contribution in [0.1, 0.15) is 18.7 Å². The molecule has 0 saturated heterocycles. The lowest BCUT2D eigenvalue weighted by Crippen LogP contribution is -2.19. The highest BCUT2D eigenvalue weighted by atomic mass is 79.9. The number of nitrogens with zero attached hydrogens (tertiary/aromatic N) is 4. The van der Waals surface area contributed by atoms with E-state index in [1.165, 1.54) is 12.8 Å². The molecule has 0 bridgehead atoms. The Morgan fingerprint density at radius 2 is 2.00 bits per heavy atom. The Morgan fingerprint density at radius 3 is 2.67 bits per heavy atom. The third kappa shape index (κ3) is 2.48. The van der Waals surface area contributed by atoms with E-state index in [2.05, 4.69) is 52.7 Å². The van der Waals surface area contributed by atoms with Crippen molar-refractivity contribution in [3.8, 4) is 5.69 Å². The minimum Gasteiger partial charge on any atom is -0.307 e. The van der Waals surface area contributed by atoms with Gasteiger partial charge in [-0.05, 0) is 67.3 Å². The summed E-state index contributed by atoms with van der Waals surface area (Å²) >= 11 is 7.06. The van der Waals surface area contributed by atoms with Crippen LogP contribution in [0.3, 0.4) is 0 Å². The fourth-order valence-electron chi connectivity index (χ4n) is 1.70. The van der Waals surface area contributed by atoms with Crippen LogP contribution in [0.5, 0.6) is 0 Å². The van der Waals surface area contributed by atoms with Crippen LogP contribution in [0.4, 0.5) is 0 Å². The van der Waals surface area contributed by atoms with Crippen molar-refractivity contribution in [2.24, 2.45) is 0 Å². The van der Waals surface area contributed by atoms with Gasteiger partial charge in [0.25, 0.3) is 0 Å². The SMILES string of the molecule is Brc1cccc(Br)c1-n1nnnc1CNC1CC1. The van der Waals surface area contributed by atoms with Crippen LogP contribution in [-0.2, 0) is 6.54 Å². The number of halogens is 2. The molecular formula is C11H11Br2N5. The molecule has 18 heavy (non-hydrogen) atoms. The van der Waals surface area contributed by atoms with Gasteiger partial charge in [0.05, 0.1) is 12.2 Å². The summed E-state index contributed by atoms with van der Waals surface area (Å²) in [5.74, 6) is 0.814. The number of hydrogen-bond donors (Lipinski definition) is 1. The van der Waals surface area contributed by atoms with Crippen molar-refractivity contribution in [3.05, 3.63) is 33.0 Å². The van der Waals surface area contributed by atoms with Gasteiger partial charge in [-0.1, -0.05) is 6.07 Å². The summed E-state index contributed by atoms with van der Waals surface area (Å²) in [5.41, 5.74) is 0.926. The van der Waals surface area contributed by atoms with Crippen LogP contribution < -0.4 is 5.32 Å². The van der Waals surface area contributed by atoms with Crippen molar-refractivity contribution in [1.29, 1.82) is 0 Å². The second-order valence-electron chi connectivity index (χ2n) is 4.23. The summed E-state index contributed by atoms with van der Waals surface area (Å²) in [6.07, 6.45) is 2.50. The minimum atomic E-state index is 0.637. The highest BCUT2D eigenvalue weighted by Crippen LogP contribution is 2.29. The summed E-state index contributed by atoms with van der Waals surface area (Å²) in [4.78, 5) is 0. The fourth-order valence-corrected chi connectivity index (χ4v) is 3.04. The topological polar surface area (TPSA) is 55.6 Å². The van der Waals surface area contributed by atoms with Crippen molar-refractivity contribution in [1.82, 2.24) is 25.5 Å². The third-order valence-corrected chi connectivity index (χ3v) is 4.09. The number of para-hydroxylation sites is 1. The van der Waals surface area contributed by atoms with Gasteiger partial charge in [-0.15, -0.1) is 5.10 Å². The van der Waals surface area contributed by atoms with Gasteiger partial charge in [0, 0.05) is 15.0 Å². The standard InChI is InChI=1S/C11H11Br2N5/c12-8-2-1-3-9(13)11(8)18-10(15-16-17-18)6-14-7-4-5-7/h1-3,7,14H,4-6H2. The molecule has 3 rings (SSSR count). The Balaban J connectivity index is 1.93. The van der Waals surface area contributed by atoms with Crippen LogP contribution in [0.2, 0.25) is 0 Å². The number of rotatable bonds is 4. The van der Waals surface area contributed by atoms with E-state index in [-0.39, 0.29) is 0 Å². The molecule has 1 heterocycles. The molecule has 5 nitrogen and oxygen atoms in total. The molecule has 0 radical (unpaired) electrons. The number of aromatic nitrogens is 4. The summed E-state index contributed by atoms with van der Waals surface area (Å²) in [6.45, 7) is 0.686. The molecule has 94 valence electrons. The molecule has 1 aliphatic rings. The van der Waals surface area contributed by atoms with Gasteiger partial charge in [0.1, 0.15) is 0 Å². The molecule has 1 aromatic heterocycles. The highest BCUT2D eigenvalue weighted by molar-refractivity contribution is 9.11. The Morgan fingerprint density at radius 1 is 1.28 bits per heavy atom. The Labute approximate surface area is 121 Å². The molecule has 1 fully saturated rings. The molecule has 0 amide bonds. The summed E-state index contributed by atoms with van der Waals surface area (Å²) in [7, 11) is 0. The monoisotopic (exact) mass is 371 g/mol. The maximum atomic E-state index is 4.07. The average molecular weight is 373 g/mol. The van der Waals surface area contributed by atoms with E-state index >= 15 is 0 Å². The van der Waals surface area contributed by atoms with Crippen LogP contribution in [0.15, 0.2) is 27.1 Å². The molecule has 1 N–H and O–H groups in total. The first-order valence-corrected chi connectivity index (χ1v) is 7.29. The van der Waals surface area contributed by atoms with Gasteiger partial charge < -0.3 is 5.32 Å². The van der Waals surface area contributed by atoms with Crippen molar-refractivity contribution in [2.45, 2.75) is 25.4 Å². The molecule has 7 heteroatoms. The predicted molar refractivity (Wildman–Crippen MR) is 74.4 cm³/mol. The van der Waals surface area contributed by atoms with Crippen LogP contribution in [0, 0.1) is 0 Å². The van der Waals surface area contributed by atoms with Crippen LogP contribution in [0.25, 0.3) is 5.69 Å². The van der Waals surface area contributed by atoms with Gasteiger partial charge in [-0.2, -0.15) is 4.68 Å². The third-order valence-electron chi connectivity index (χ3n) is 2.81. The smallest absolute Gasteiger partial charge is 0.170 e. The predicted octanol–water partition coefficient (Wildman–Crippen LogP) is 2.44. The molecule has 1 saturated carbocycles. The van der Waals surface area contributed by atoms with E-state index in [9.17, 15) is 0 Å². The Kier molecular flexibility index (Phi) is 3.45. The molecule has 0 atom stereocenters. The molecule has 0 aliphatic heterocycles. The van der Waals surface area contributed by atoms with E-state index in [0.717, 1.165) is 20.5 Å². The first kappa shape index (κ1) is 12.3. The lowest BCUT2D eigenvalue weighted by molar-refractivity contribution is 0.636. The lowest BCUT2D eigenvalue weighted by Gasteiger charge is -2.09. The molecule has 0 spiro atoms. The zero-order valence-electron chi connectivity index (χ0n) is 9.48. The average Bonchev–Trinajstić information content (AvgIpc) is 3.06. The van der Waals surface area contributed by atoms with Gasteiger partial charge in [-0.25, -0.2) is 0 Å². The zero-order valence-corrected chi connectivity index (χ0v) is 12.6. The number of tetrazole rings is 1. The highest BCUT2D eigenvalue weighted by Gasteiger charge is 2.22. The first-order valence-electron chi connectivity index (χ1n) is 5.71. The van der Waals surface area contributed by atoms with Crippen molar-refractivity contribution in [2.75, 3.05) is 0 Å². The zero-order chi connectivity index (χ0) is 12.5. The van der Waals surface area contributed by atoms with E-state index in [4.69, 9.17) is 0 Å². The lowest BCUT2D eigenvalue weighted by atomic mass is 10.3. The molecule has 1 aliphatic carbocycles. The number of nitrogens with one attached hydrogen (secondary N) is 1. The van der Waals surface area contributed by atoms with Crippen molar-refractivity contribution < 1.29 is 0 Å². The molecule has 2 aromatic rings. The first-order chi connectivity index (χ1) is 8.75. The summed E-state index contributed by atoms with van der Waals surface area (Å²) in [5, 5.41) is 15.3. The quantitative estimate of drug-likeness (QED) is 0.895. The summed E-state index contributed by atoms with van der Waals surface area (Å²) < 4.78 is 3.66. The normalized spacial score (nSPS) is 15.0. The van der Waals surface area contributed by atoms with E-state index < -0.39 is 0 Å². The molecule has 1 aromatic carbocycles. The Hall–Kier alpha value is -0.790. The molecule has 0 unspecified atom stereocenters. The van der Waals surface area contributed by atoms with Gasteiger partial charge in [-0.3, -0.25) is 0 Å². The number of hydrogen-bond acceptors (Lipinski definition) is 4. The van der Waals surface area contributed by atoms with Gasteiger partial charge in [0.2, 0.25) is 0 Å². The van der Waals surface area contributed by atoms with Crippen LogP contribution in [-0.4, -0.2) is 26.2 Å². The second-order valence-corrected chi connectivity index (χ2v) is 5.94. The van der Waals surface area contributed by atoms with Crippen molar-refractivity contribution in [3.63, 3.8) is 0 Å². The largest absolute Gasteiger partial charge is 0.307 e. The van der Waals surface area contributed by atoms with E-state index in [0.29, 0.717) is 12.6 Å². The van der Waals surface area contributed by atoms with E-state index in [1.807, 2.05) is 18.2 Å². The van der Waals surface area contributed by atoms with E-state index in [1.54, 1.807) is 4.68 Å². The van der Waals surface area contributed by atoms with Gasteiger partial charge >= 0.3 is 0 Å². The minimum absolute atomic E-state index is 0.637. The Bertz CT molecular complexity index is 544. The van der Waals surface area contributed by atoms with Gasteiger partial charge in [0.15, 0.2) is 5.82 Å². The maximum Gasteiger partial charge on any atom is 0.170 e. The summed E-state index contributed by atoms with van der Waals surface area (Å²) in [6, 6.07) is 6.54. The maximum absolute atomic E-state index is 4.07. The second kappa shape index (κ2) is 5.07. The fraction of sp³-hybridized carbons (Fsp3) is 0.364.